The standard InChI is InChI=1S/C15H15F3N2O3/c16-15(17,18)10-7-20(6-9(10)14(22)23)13-5-4-8-11(19-13)2-1-3-12(8)21/h4-5,9-10H,1-3,6-7H2,(H,22,23)/t9-,10-/m1/s1. The van der Waals surface area contributed by atoms with Crippen molar-refractivity contribution in [2.45, 2.75) is 25.4 Å². The third kappa shape index (κ3) is 2.89. The molecule has 1 aromatic rings. The van der Waals surface area contributed by atoms with Crippen LogP contribution >= 0.6 is 0 Å². The highest BCUT2D eigenvalue weighted by molar-refractivity contribution is 5.98. The Hall–Kier alpha value is -2.12. The smallest absolute Gasteiger partial charge is 0.394 e. The van der Waals surface area contributed by atoms with Gasteiger partial charge in [0.1, 0.15) is 5.82 Å². The number of pyridine rings is 1. The summed E-state index contributed by atoms with van der Waals surface area (Å²) in [4.78, 5) is 28.5. The van der Waals surface area contributed by atoms with E-state index < -0.39 is 30.5 Å². The van der Waals surface area contributed by atoms with Crippen molar-refractivity contribution in [1.29, 1.82) is 0 Å². The van der Waals surface area contributed by atoms with Crippen LogP contribution in [0.1, 0.15) is 28.9 Å². The number of aromatic nitrogens is 1. The number of carboxylic acid groups (broad SMARTS) is 1. The van der Waals surface area contributed by atoms with Gasteiger partial charge in [0.2, 0.25) is 0 Å². The van der Waals surface area contributed by atoms with Crippen molar-refractivity contribution in [2.75, 3.05) is 18.0 Å². The SMILES string of the molecule is O=C1CCCc2nc(N3C[C@@H](C(F)(F)F)[C@H](C(=O)O)C3)ccc21. The Morgan fingerprint density at radius 1 is 1.26 bits per heavy atom. The molecule has 1 aliphatic carbocycles. The zero-order valence-corrected chi connectivity index (χ0v) is 12.1. The molecule has 0 spiro atoms. The number of aryl methyl sites for hydroxylation is 1. The summed E-state index contributed by atoms with van der Waals surface area (Å²) >= 11 is 0. The Kier molecular flexibility index (Phi) is 3.77. The van der Waals surface area contributed by atoms with Crippen LogP contribution < -0.4 is 4.90 Å². The number of alkyl halides is 3. The number of fused-ring (bicyclic) bond motifs is 1. The number of Topliss-reactive ketones (excluding diaryl/α,β-unsaturated/α-hetero) is 1. The summed E-state index contributed by atoms with van der Waals surface area (Å²) in [5.74, 6) is -4.59. The lowest BCUT2D eigenvalue weighted by Crippen LogP contribution is -2.33. The number of hydrogen-bond donors (Lipinski definition) is 1. The second kappa shape index (κ2) is 5.50. The quantitative estimate of drug-likeness (QED) is 0.902. The molecule has 0 unspecified atom stereocenters. The first kappa shape index (κ1) is 15.8. The summed E-state index contributed by atoms with van der Waals surface area (Å²) in [5.41, 5.74) is 1.10. The molecule has 2 aliphatic rings. The van der Waals surface area contributed by atoms with Crippen LogP contribution in [-0.4, -0.2) is 41.1 Å². The summed E-state index contributed by atoms with van der Waals surface area (Å²) in [6.45, 7) is -0.667. The van der Waals surface area contributed by atoms with Crippen molar-refractivity contribution in [2.24, 2.45) is 11.8 Å². The van der Waals surface area contributed by atoms with Crippen molar-refractivity contribution in [3.8, 4) is 0 Å². The number of hydrogen-bond acceptors (Lipinski definition) is 4. The molecule has 1 fully saturated rings. The number of ketones is 1. The van der Waals surface area contributed by atoms with Crippen LogP contribution in [0.4, 0.5) is 19.0 Å². The molecule has 3 rings (SSSR count). The average molecular weight is 328 g/mol. The van der Waals surface area contributed by atoms with Crippen LogP contribution in [0.15, 0.2) is 12.1 Å². The monoisotopic (exact) mass is 328 g/mol. The molecule has 0 saturated carbocycles. The second-order valence-electron chi connectivity index (χ2n) is 5.94. The summed E-state index contributed by atoms with van der Waals surface area (Å²) < 4.78 is 39.1. The third-order valence-corrected chi connectivity index (χ3v) is 4.46. The first-order valence-corrected chi connectivity index (χ1v) is 7.35. The zero-order chi connectivity index (χ0) is 16.8. The summed E-state index contributed by atoms with van der Waals surface area (Å²) in [7, 11) is 0. The summed E-state index contributed by atoms with van der Waals surface area (Å²) in [5, 5.41) is 9.05. The number of rotatable bonds is 2. The third-order valence-electron chi connectivity index (χ3n) is 4.46. The highest BCUT2D eigenvalue weighted by Gasteiger charge is 2.52. The normalized spacial score (nSPS) is 24.7. The molecule has 1 N–H and O–H groups in total. The van der Waals surface area contributed by atoms with E-state index >= 15 is 0 Å². The predicted molar refractivity (Wildman–Crippen MR) is 74.4 cm³/mol. The van der Waals surface area contributed by atoms with Gasteiger partial charge in [0.15, 0.2) is 5.78 Å². The molecule has 0 bridgehead atoms. The lowest BCUT2D eigenvalue weighted by Gasteiger charge is -2.21. The summed E-state index contributed by atoms with van der Waals surface area (Å²) in [6.07, 6.45) is -2.84. The van der Waals surface area contributed by atoms with Gasteiger partial charge in [0.25, 0.3) is 0 Å². The van der Waals surface area contributed by atoms with Crippen LogP contribution in [0.3, 0.4) is 0 Å². The lowest BCUT2D eigenvalue weighted by molar-refractivity contribution is -0.187. The molecular weight excluding hydrogens is 313 g/mol. The van der Waals surface area contributed by atoms with E-state index in [4.69, 9.17) is 5.11 Å². The first-order chi connectivity index (χ1) is 10.8. The highest BCUT2D eigenvalue weighted by atomic mass is 19.4. The minimum absolute atomic E-state index is 0.0108. The van der Waals surface area contributed by atoms with Crippen molar-refractivity contribution in [3.63, 3.8) is 0 Å². The lowest BCUT2D eigenvalue weighted by atomic mass is 9.95. The molecule has 1 saturated heterocycles. The molecule has 124 valence electrons. The largest absolute Gasteiger partial charge is 0.481 e. The van der Waals surface area contributed by atoms with Gasteiger partial charge in [0.05, 0.1) is 17.5 Å². The minimum Gasteiger partial charge on any atom is -0.481 e. The van der Waals surface area contributed by atoms with Gasteiger partial charge in [-0.05, 0) is 25.0 Å². The predicted octanol–water partition coefficient (Wildman–Crippen LogP) is 2.30. The molecule has 1 aliphatic heterocycles. The topological polar surface area (TPSA) is 70.5 Å². The fourth-order valence-electron chi connectivity index (χ4n) is 3.23. The fraction of sp³-hybridized carbons (Fsp3) is 0.533. The number of carbonyl (C=O) groups is 2. The number of aliphatic carboxylic acids is 1. The molecular formula is C15H15F3N2O3. The van der Waals surface area contributed by atoms with E-state index in [0.717, 1.165) is 0 Å². The van der Waals surface area contributed by atoms with Crippen LogP contribution in [0.25, 0.3) is 0 Å². The molecule has 8 heteroatoms. The Morgan fingerprint density at radius 3 is 2.61 bits per heavy atom. The van der Waals surface area contributed by atoms with Gasteiger partial charge < -0.3 is 10.0 Å². The number of anilines is 1. The molecule has 23 heavy (non-hydrogen) atoms. The van der Waals surface area contributed by atoms with E-state index in [2.05, 4.69) is 4.98 Å². The maximum Gasteiger partial charge on any atom is 0.394 e. The van der Waals surface area contributed by atoms with Crippen molar-refractivity contribution >= 4 is 17.6 Å². The number of carbonyl (C=O) groups excluding carboxylic acids is 1. The number of nitrogens with zero attached hydrogens (tertiary/aromatic N) is 2. The molecule has 5 nitrogen and oxygen atoms in total. The minimum atomic E-state index is -4.57. The van der Waals surface area contributed by atoms with E-state index in [0.29, 0.717) is 36.3 Å². The Labute approximate surface area is 130 Å². The van der Waals surface area contributed by atoms with Crippen LogP contribution in [-0.2, 0) is 11.2 Å². The second-order valence-corrected chi connectivity index (χ2v) is 5.94. The van der Waals surface area contributed by atoms with Gasteiger partial charge >= 0.3 is 12.1 Å². The molecule has 1 aromatic heterocycles. The van der Waals surface area contributed by atoms with E-state index in [-0.39, 0.29) is 12.3 Å². The van der Waals surface area contributed by atoms with Crippen LogP contribution in [0.5, 0.6) is 0 Å². The maximum absolute atomic E-state index is 13.0. The average Bonchev–Trinajstić information content (AvgIpc) is 2.93. The highest BCUT2D eigenvalue weighted by Crippen LogP contribution is 2.39. The van der Waals surface area contributed by atoms with Gasteiger partial charge in [-0.2, -0.15) is 13.2 Å². The van der Waals surface area contributed by atoms with Gasteiger partial charge in [0, 0.05) is 25.1 Å². The molecule has 2 heterocycles. The first-order valence-electron chi connectivity index (χ1n) is 7.35. The number of halogens is 3. The van der Waals surface area contributed by atoms with Gasteiger partial charge in [-0.1, -0.05) is 0 Å². The van der Waals surface area contributed by atoms with E-state index in [1.165, 1.54) is 11.0 Å². The molecule has 2 atom stereocenters. The summed E-state index contributed by atoms with van der Waals surface area (Å²) in [6, 6.07) is 3.08. The zero-order valence-electron chi connectivity index (χ0n) is 12.1. The van der Waals surface area contributed by atoms with Crippen LogP contribution in [0, 0.1) is 11.8 Å². The fourth-order valence-corrected chi connectivity index (χ4v) is 3.23. The molecule has 0 aromatic carbocycles. The molecule has 0 amide bonds. The maximum atomic E-state index is 13.0. The number of carboxylic acids is 1. The van der Waals surface area contributed by atoms with Crippen molar-refractivity contribution in [1.82, 2.24) is 4.98 Å². The van der Waals surface area contributed by atoms with E-state index in [9.17, 15) is 22.8 Å². The van der Waals surface area contributed by atoms with Gasteiger partial charge in [-0.15, -0.1) is 0 Å². The van der Waals surface area contributed by atoms with Crippen LogP contribution in [0.2, 0.25) is 0 Å². The Balaban J connectivity index is 1.88. The van der Waals surface area contributed by atoms with Gasteiger partial charge in [-0.25, -0.2) is 4.98 Å². The van der Waals surface area contributed by atoms with Crippen molar-refractivity contribution in [3.05, 3.63) is 23.4 Å². The Bertz CT molecular complexity index is 660. The van der Waals surface area contributed by atoms with Crippen molar-refractivity contribution < 1.29 is 27.9 Å². The van der Waals surface area contributed by atoms with E-state index in [1.807, 2.05) is 0 Å². The van der Waals surface area contributed by atoms with Gasteiger partial charge in [-0.3, -0.25) is 9.59 Å². The Morgan fingerprint density at radius 2 is 2.00 bits per heavy atom. The molecule has 0 radical (unpaired) electrons. The van der Waals surface area contributed by atoms with E-state index in [1.54, 1.807) is 6.07 Å².